The van der Waals surface area contributed by atoms with Gasteiger partial charge in [0.1, 0.15) is 0 Å². The molecule has 0 bridgehead atoms. The molecule has 0 aromatic carbocycles. The van der Waals surface area contributed by atoms with Crippen LogP contribution in [0.1, 0.15) is 12.8 Å². The Balaban J connectivity index is 2.31. The topological polar surface area (TPSA) is 55.1 Å². The summed E-state index contributed by atoms with van der Waals surface area (Å²) >= 11 is 0. The van der Waals surface area contributed by atoms with Gasteiger partial charge in [0.2, 0.25) is 5.91 Å². The Morgan fingerprint density at radius 3 is 3.00 bits per heavy atom. The molecule has 10 heavy (non-hydrogen) atoms. The molecule has 1 atom stereocenters. The lowest BCUT2D eigenvalue weighted by atomic mass is 10.1. The number of hydrogen-bond acceptors (Lipinski definition) is 2. The van der Waals surface area contributed by atoms with Crippen molar-refractivity contribution in [2.75, 3.05) is 6.54 Å². The van der Waals surface area contributed by atoms with Gasteiger partial charge in [-0.25, -0.2) is 0 Å². The van der Waals surface area contributed by atoms with Gasteiger partial charge in [-0.05, 0) is 6.42 Å². The zero-order chi connectivity index (χ0) is 7.56. The van der Waals surface area contributed by atoms with Gasteiger partial charge in [-0.3, -0.25) is 4.79 Å². The molecule has 0 spiro atoms. The van der Waals surface area contributed by atoms with Gasteiger partial charge in [0, 0.05) is 19.0 Å². The zero-order valence-electron chi connectivity index (χ0n) is 5.89. The van der Waals surface area contributed by atoms with Crippen LogP contribution in [0.5, 0.6) is 0 Å². The molecule has 1 fully saturated rings. The summed E-state index contributed by atoms with van der Waals surface area (Å²) in [6.45, 7) is 4.63. The lowest BCUT2D eigenvalue weighted by molar-refractivity contribution is -0.118. The number of hydrogen-bond donors (Lipinski definition) is 2. The van der Waals surface area contributed by atoms with Gasteiger partial charge >= 0.3 is 0 Å². The van der Waals surface area contributed by atoms with Crippen molar-refractivity contribution in [3.05, 3.63) is 12.2 Å². The van der Waals surface area contributed by atoms with Crippen molar-refractivity contribution in [3.8, 4) is 0 Å². The second-order valence-corrected chi connectivity index (χ2v) is 2.70. The van der Waals surface area contributed by atoms with Crippen molar-refractivity contribution < 1.29 is 4.79 Å². The lowest BCUT2D eigenvalue weighted by Gasteiger charge is -2.04. The molecule has 1 aliphatic rings. The Hall–Kier alpha value is -0.830. The predicted molar refractivity (Wildman–Crippen MR) is 39.4 cm³/mol. The maximum absolute atomic E-state index is 10.4. The highest BCUT2D eigenvalue weighted by Gasteiger charge is 2.18. The van der Waals surface area contributed by atoms with Gasteiger partial charge in [-0.15, -0.1) is 0 Å². The Morgan fingerprint density at radius 1 is 1.90 bits per heavy atom. The first kappa shape index (κ1) is 7.28. The van der Waals surface area contributed by atoms with Gasteiger partial charge in [0.25, 0.3) is 0 Å². The summed E-state index contributed by atoms with van der Waals surface area (Å²) in [5.74, 6) is -0.243. The van der Waals surface area contributed by atoms with Crippen LogP contribution in [0.2, 0.25) is 0 Å². The fraction of sp³-hybridized carbons (Fsp3) is 0.571. The fourth-order valence-corrected chi connectivity index (χ4v) is 1.17. The average Bonchev–Trinajstić information content (AvgIpc) is 2.13. The Bertz CT molecular complexity index is 165. The van der Waals surface area contributed by atoms with Gasteiger partial charge in [-0.1, -0.05) is 12.2 Å². The maximum atomic E-state index is 10.4. The van der Waals surface area contributed by atoms with E-state index in [9.17, 15) is 4.79 Å². The SMILES string of the molecule is C=C1CN[C@H](CC(N)=O)C1. The minimum absolute atomic E-state index is 0.241. The summed E-state index contributed by atoms with van der Waals surface area (Å²) in [4.78, 5) is 10.4. The Labute approximate surface area is 60.3 Å². The Kier molecular flexibility index (Phi) is 2.06. The van der Waals surface area contributed by atoms with Gasteiger partial charge in [0.15, 0.2) is 0 Å². The van der Waals surface area contributed by atoms with Crippen LogP contribution in [-0.2, 0) is 4.79 Å². The van der Waals surface area contributed by atoms with Gasteiger partial charge in [0.05, 0.1) is 0 Å². The van der Waals surface area contributed by atoms with E-state index in [1.165, 1.54) is 0 Å². The highest BCUT2D eigenvalue weighted by atomic mass is 16.1. The molecule has 1 rings (SSSR count). The van der Waals surface area contributed by atoms with Gasteiger partial charge in [-0.2, -0.15) is 0 Å². The van der Waals surface area contributed by atoms with Crippen LogP contribution in [0, 0.1) is 0 Å². The highest BCUT2D eigenvalue weighted by Crippen LogP contribution is 2.12. The molecule has 0 radical (unpaired) electrons. The minimum atomic E-state index is -0.243. The van der Waals surface area contributed by atoms with Crippen LogP contribution < -0.4 is 11.1 Å². The molecule has 0 aliphatic carbocycles. The van der Waals surface area contributed by atoms with E-state index in [1.54, 1.807) is 0 Å². The van der Waals surface area contributed by atoms with E-state index in [-0.39, 0.29) is 11.9 Å². The molecule has 3 N–H and O–H groups in total. The van der Waals surface area contributed by atoms with Crippen LogP contribution >= 0.6 is 0 Å². The number of carbonyl (C=O) groups is 1. The first-order chi connectivity index (χ1) is 4.68. The second kappa shape index (κ2) is 2.84. The summed E-state index contributed by atoms with van der Waals surface area (Å²) in [7, 11) is 0. The molecule has 1 amide bonds. The molecule has 56 valence electrons. The van der Waals surface area contributed by atoms with Crippen molar-refractivity contribution in [2.45, 2.75) is 18.9 Å². The molecule has 1 aliphatic heterocycles. The van der Waals surface area contributed by atoms with Crippen LogP contribution in [0.3, 0.4) is 0 Å². The molecular weight excluding hydrogens is 128 g/mol. The van der Waals surface area contributed by atoms with Crippen LogP contribution in [0.25, 0.3) is 0 Å². The summed E-state index contributed by atoms with van der Waals surface area (Å²) in [6, 6.07) is 0.241. The van der Waals surface area contributed by atoms with E-state index in [0.29, 0.717) is 6.42 Å². The number of carbonyl (C=O) groups excluding carboxylic acids is 1. The van der Waals surface area contributed by atoms with E-state index in [1.807, 2.05) is 0 Å². The summed E-state index contributed by atoms with van der Waals surface area (Å²) in [5, 5.41) is 3.14. The lowest BCUT2D eigenvalue weighted by Crippen LogP contribution is -2.27. The Morgan fingerprint density at radius 2 is 2.60 bits per heavy atom. The maximum Gasteiger partial charge on any atom is 0.218 e. The van der Waals surface area contributed by atoms with Gasteiger partial charge < -0.3 is 11.1 Å². The van der Waals surface area contributed by atoms with Crippen molar-refractivity contribution in [3.63, 3.8) is 0 Å². The third-order valence-electron chi connectivity index (χ3n) is 1.62. The van der Waals surface area contributed by atoms with Crippen molar-refractivity contribution in [1.29, 1.82) is 0 Å². The largest absolute Gasteiger partial charge is 0.370 e. The normalized spacial score (nSPS) is 25.2. The smallest absolute Gasteiger partial charge is 0.218 e. The summed E-state index contributed by atoms with van der Waals surface area (Å²) in [6.07, 6.45) is 1.32. The third kappa shape index (κ3) is 1.84. The van der Waals surface area contributed by atoms with E-state index in [0.717, 1.165) is 18.5 Å². The molecule has 3 heteroatoms. The quantitative estimate of drug-likeness (QED) is 0.521. The number of amides is 1. The molecule has 3 nitrogen and oxygen atoms in total. The van der Waals surface area contributed by atoms with E-state index >= 15 is 0 Å². The van der Waals surface area contributed by atoms with E-state index in [2.05, 4.69) is 11.9 Å². The zero-order valence-corrected chi connectivity index (χ0v) is 5.89. The van der Waals surface area contributed by atoms with Crippen LogP contribution in [-0.4, -0.2) is 18.5 Å². The molecule has 0 unspecified atom stereocenters. The molecule has 1 saturated heterocycles. The molecule has 0 aromatic heterocycles. The van der Waals surface area contributed by atoms with Crippen molar-refractivity contribution >= 4 is 5.91 Å². The van der Waals surface area contributed by atoms with Crippen LogP contribution in [0.15, 0.2) is 12.2 Å². The van der Waals surface area contributed by atoms with E-state index in [4.69, 9.17) is 5.73 Å². The van der Waals surface area contributed by atoms with Crippen LogP contribution in [0.4, 0.5) is 0 Å². The standard InChI is InChI=1S/C7H12N2O/c1-5-2-6(9-4-5)3-7(8)10/h6,9H,1-4H2,(H2,8,10)/t6-/m0/s1. The summed E-state index contributed by atoms with van der Waals surface area (Å²) in [5.41, 5.74) is 6.17. The number of nitrogens with two attached hydrogens (primary N) is 1. The van der Waals surface area contributed by atoms with Crippen molar-refractivity contribution in [2.24, 2.45) is 5.73 Å². The van der Waals surface area contributed by atoms with Crippen molar-refractivity contribution in [1.82, 2.24) is 5.32 Å². The molecular formula is C7H12N2O. The first-order valence-corrected chi connectivity index (χ1v) is 3.37. The number of nitrogens with one attached hydrogen (secondary N) is 1. The second-order valence-electron chi connectivity index (χ2n) is 2.70. The predicted octanol–water partition coefficient (Wildman–Crippen LogP) is -0.220. The third-order valence-corrected chi connectivity index (χ3v) is 1.62. The monoisotopic (exact) mass is 140 g/mol. The molecule has 1 heterocycles. The van der Waals surface area contributed by atoms with E-state index < -0.39 is 0 Å². The first-order valence-electron chi connectivity index (χ1n) is 3.37. The average molecular weight is 140 g/mol. The number of rotatable bonds is 2. The fourth-order valence-electron chi connectivity index (χ4n) is 1.17. The summed E-state index contributed by atoms with van der Waals surface area (Å²) < 4.78 is 0. The molecule has 0 saturated carbocycles. The molecule has 0 aromatic rings. The highest BCUT2D eigenvalue weighted by molar-refractivity contribution is 5.74. The number of primary amides is 1. The minimum Gasteiger partial charge on any atom is -0.370 e.